The number of nitrogens with zero attached hydrogens (tertiary/aromatic N) is 4. The normalized spacial score (nSPS) is 10.7. The summed E-state index contributed by atoms with van der Waals surface area (Å²) in [6.07, 6.45) is 3.80. The van der Waals surface area contributed by atoms with Crippen LogP contribution >= 0.6 is 12.2 Å². The van der Waals surface area contributed by atoms with Crippen molar-refractivity contribution in [3.63, 3.8) is 0 Å². The molecule has 0 saturated carbocycles. The first-order valence-corrected chi connectivity index (χ1v) is 8.54. The molecule has 0 atom stereocenters. The van der Waals surface area contributed by atoms with E-state index in [-0.39, 0.29) is 0 Å². The van der Waals surface area contributed by atoms with Gasteiger partial charge in [0.05, 0.1) is 12.7 Å². The SMILES string of the molecule is Cc1ccccc1Cn1ccc(NC(=S)NCc2cnn(C)c2C)n1. The predicted molar refractivity (Wildman–Crippen MR) is 104 cm³/mol. The Morgan fingerprint density at radius 1 is 1.16 bits per heavy atom. The topological polar surface area (TPSA) is 59.7 Å². The highest BCUT2D eigenvalue weighted by Gasteiger charge is 2.06. The van der Waals surface area contributed by atoms with E-state index in [1.807, 2.05) is 53.9 Å². The molecular formula is C18H22N6S. The summed E-state index contributed by atoms with van der Waals surface area (Å²) in [6.45, 7) is 5.52. The maximum Gasteiger partial charge on any atom is 0.172 e. The molecule has 2 heterocycles. The molecule has 0 aliphatic heterocycles. The van der Waals surface area contributed by atoms with E-state index >= 15 is 0 Å². The molecule has 7 heteroatoms. The lowest BCUT2D eigenvalue weighted by Gasteiger charge is -2.08. The minimum absolute atomic E-state index is 0.546. The Labute approximate surface area is 152 Å². The van der Waals surface area contributed by atoms with Gasteiger partial charge in [-0.25, -0.2) is 0 Å². The largest absolute Gasteiger partial charge is 0.358 e. The van der Waals surface area contributed by atoms with Gasteiger partial charge in [0.1, 0.15) is 0 Å². The number of aryl methyl sites for hydroxylation is 2. The van der Waals surface area contributed by atoms with Gasteiger partial charge in [0.2, 0.25) is 0 Å². The van der Waals surface area contributed by atoms with E-state index in [0.29, 0.717) is 11.7 Å². The van der Waals surface area contributed by atoms with Gasteiger partial charge in [-0.1, -0.05) is 24.3 Å². The summed E-state index contributed by atoms with van der Waals surface area (Å²) in [6, 6.07) is 10.2. The lowest BCUT2D eigenvalue weighted by atomic mass is 10.1. The van der Waals surface area contributed by atoms with E-state index in [0.717, 1.165) is 23.6 Å². The fourth-order valence-corrected chi connectivity index (χ4v) is 2.71. The lowest BCUT2D eigenvalue weighted by molar-refractivity contribution is 0.687. The van der Waals surface area contributed by atoms with Crippen LogP contribution in [0.5, 0.6) is 0 Å². The maximum atomic E-state index is 5.35. The van der Waals surface area contributed by atoms with Crippen LogP contribution in [0.1, 0.15) is 22.4 Å². The number of benzene rings is 1. The molecule has 0 bridgehead atoms. The van der Waals surface area contributed by atoms with Gasteiger partial charge in [-0.05, 0) is 37.2 Å². The molecule has 0 aliphatic rings. The summed E-state index contributed by atoms with van der Waals surface area (Å²) in [5, 5.41) is 15.6. The van der Waals surface area contributed by atoms with Crippen molar-refractivity contribution in [1.82, 2.24) is 24.9 Å². The first-order valence-electron chi connectivity index (χ1n) is 8.13. The molecule has 25 heavy (non-hydrogen) atoms. The molecule has 0 amide bonds. The molecule has 130 valence electrons. The third-order valence-electron chi connectivity index (χ3n) is 4.25. The summed E-state index contributed by atoms with van der Waals surface area (Å²) in [7, 11) is 1.93. The van der Waals surface area contributed by atoms with Crippen molar-refractivity contribution in [3.8, 4) is 0 Å². The highest BCUT2D eigenvalue weighted by atomic mass is 32.1. The van der Waals surface area contributed by atoms with Crippen molar-refractivity contribution in [1.29, 1.82) is 0 Å². The van der Waals surface area contributed by atoms with Gasteiger partial charge in [-0.3, -0.25) is 9.36 Å². The van der Waals surface area contributed by atoms with Crippen LogP contribution in [0.15, 0.2) is 42.7 Å². The number of nitrogens with one attached hydrogen (secondary N) is 2. The smallest absolute Gasteiger partial charge is 0.172 e. The van der Waals surface area contributed by atoms with Gasteiger partial charge in [0.15, 0.2) is 10.9 Å². The minimum atomic E-state index is 0.546. The number of rotatable bonds is 5. The fraction of sp³-hybridized carbons (Fsp3) is 0.278. The highest BCUT2D eigenvalue weighted by molar-refractivity contribution is 7.80. The quantitative estimate of drug-likeness (QED) is 0.690. The molecule has 1 aromatic carbocycles. The second kappa shape index (κ2) is 7.48. The monoisotopic (exact) mass is 354 g/mol. The molecular weight excluding hydrogens is 332 g/mol. The zero-order valence-electron chi connectivity index (χ0n) is 14.7. The zero-order valence-corrected chi connectivity index (χ0v) is 15.5. The molecule has 6 nitrogen and oxygen atoms in total. The summed E-state index contributed by atoms with van der Waals surface area (Å²) in [4.78, 5) is 0. The Bertz CT molecular complexity index is 879. The first-order chi connectivity index (χ1) is 12.0. The van der Waals surface area contributed by atoms with Crippen molar-refractivity contribution in [2.45, 2.75) is 26.9 Å². The second-order valence-corrected chi connectivity index (χ2v) is 6.42. The van der Waals surface area contributed by atoms with E-state index in [4.69, 9.17) is 12.2 Å². The lowest BCUT2D eigenvalue weighted by Crippen LogP contribution is -2.28. The number of hydrogen-bond donors (Lipinski definition) is 2. The van der Waals surface area contributed by atoms with E-state index in [9.17, 15) is 0 Å². The Hall–Kier alpha value is -2.67. The van der Waals surface area contributed by atoms with Crippen molar-refractivity contribution >= 4 is 23.1 Å². The van der Waals surface area contributed by atoms with Crippen LogP contribution in [-0.4, -0.2) is 24.7 Å². The second-order valence-electron chi connectivity index (χ2n) is 6.01. The highest BCUT2D eigenvalue weighted by Crippen LogP contribution is 2.11. The van der Waals surface area contributed by atoms with E-state index in [2.05, 4.69) is 39.9 Å². The summed E-state index contributed by atoms with van der Waals surface area (Å²) in [5.41, 5.74) is 4.76. The van der Waals surface area contributed by atoms with Gasteiger partial charge in [0, 0.05) is 37.1 Å². The Balaban J connectivity index is 1.55. The number of anilines is 1. The van der Waals surface area contributed by atoms with Crippen molar-refractivity contribution in [2.75, 3.05) is 5.32 Å². The summed E-state index contributed by atoms with van der Waals surface area (Å²) in [5.74, 6) is 0.731. The molecule has 0 saturated heterocycles. The van der Waals surface area contributed by atoms with E-state index in [1.165, 1.54) is 11.1 Å². The van der Waals surface area contributed by atoms with Crippen molar-refractivity contribution in [2.24, 2.45) is 7.05 Å². The van der Waals surface area contributed by atoms with Crippen LogP contribution in [0, 0.1) is 13.8 Å². The van der Waals surface area contributed by atoms with Crippen LogP contribution in [0.2, 0.25) is 0 Å². The van der Waals surface area contributed by atoms with Crippen molar-refractivity contribution in [3.05, 3.63) is 65.1 Å². The van der Waals surface area contributed by atoms with Gasteiger partial charge in [-0.2, -0.15) is 10.2 Å². The third kappa shape index (κ3) is 4.24. The molecule has 3 aromatic rings. The van der Waals surface area contributed by atoms with Gasteiger partial charge < -0.3 is 10.6 Å². The predicted octanol–water partition coefficient (Wildman–Crippen LogP) is 2.77. The Morgan fingerprint density at radius 3 is 2.68 bits per heavy atom. The van der Waals surface area contributed by atoms with Gasteiger partial charge in [0.25, 0.3) is 0 Å². The standard InChI is InChI=1S/C18H22N6S/c1-13-6-4-5-7-15(13)12-24-9-8-17(22-24)21-18(25)19-10-16-11-20-23(3)14(16)2/h4-9,11H,10,12H2,1-3H3,(H2,19,21,22,25). The minimum Gasteiger partial charge on any atom is -0.358 e. The number of thiocarbonyl (C=S) groups is 1. The zero-order chi connectivity index (χ0) is 17.8. The molecule has 0 unspecified atom stereocenters. The summed E-state index contributed by atoms with van der Waals surface area (Å²) >= 11 is 5.35. The third-order valence-corrected chi connectivity index (χ3v) is 4.50. The Morgan fingerprint density at radius 2 is 1.96 bits per heavy atom. The number of aromatic nitrogens is 4. The van der Waals surface area contributed by atoms with Gasteiger partial charge in [-0.15, -0.1) is 0 Å². The van der Waals surface area contributed by atoms with Crippen LogP contribution in [0.25, 0.3) is 0 Å². The summed E-state index contributed by atoms with van der Waals surface area (Å²) < 4.78 is 3.75. The molecule has 0 radical (unpaired) electrons. The van der Waals surface area contributed by atoms with Crippen LogP contribution in [-0.2, 0) is 20.1 Å². The van der Waals surface area contributed by atoms with E-state index in [1.54, 1.807) is 0 Å². The van der Waals surface area contributed by atoms with Crippen LogP contribution < -0.4 is 10.6 Å². The average molecular weight is 354 g/mol. The molecule has 0 spiro atoms. The first kappa shape index (κ1) is 17.2. The Kier molecular flexibility index (Phi) is 5.14. The van der Waals surface area contributed by atoms with E-state index < -0.39 is 0 Å². The maximum absolute atomic E-state index is 5.35. The van der Waals surface area contributed by atoms with Crippen molar-refractivity contribution < 1.29 is 0 Å². The number of hydrogen-bond acceptors (Lipinski definition) is 3. The molecule has 0 aliphatic carbocycles. The average Bonchev–Trinajstić information content (AvgIpc) is 3.15. The van der Waals surface area contributed by atoms with Crippen LogP contribution in [0.4, 0.5) is 5.82 Å². The fourth-order valence-electron chi connectivity index (χ4n) is 2.53. The molecule has 0 fully saturated rings. The molecule has 2 N–H and O–H groups in total. The van der Waals surface area contributed by atoms with Gasteiger partial charge >= 0.3 is 0 Å². The van der Waals surface area contributed by atoms with Crippen LogP contribution in [0.3, 0.4) is 0 Å². The molecule has 2 aromatic heterocycles. The molecule has 3 rings (SSSR count).